The molecule has 1 unspecified atom stereocenters. The molecule has 172 valence electrons. The van der Waals surface area contributed by atoms with Crippen LogP contribution in [-0.4, -0.2) is 56.6 Å². The Morgan fingerprint density at radius 2 is 1.91 bits per heavy atom. The number of aromatic nitrogens is 4. The number of aryl methyl sites for hydroxylation is 1. The van der Waals surface area contributed by atoms with Gasteiger partial charge in [-0.25, -0.2) is 15.0 Å². The van der Waals surface area contributed by atoms with Crippen molar-refractivity contribution in [3.8, 4) is 0 Å². The van der Waals surface area contributed by atoms with E-state index in [9.17, 15) is 0 Å². The highest BCUT2D eigenvalue weighted by molar-refractivity contribution is 5.78. The fourth-order valence-electron chi connectivity index (χ4n) is 4.49. The van der Waals surface area contributed by atoms with Crippen molar-refractivity contribution in [2.75, 3.05) is 36.8 Å². The molecule has 1 aromatic carbocycles. The summed E-state index contributed by atoms with van der Waals surface area (Å²) in [5.41, 5.74) is 2.13. The molecule has 1 aliphatic rings. The van der Waals surface area contributed by atoms with Gasteiger partial charge < -0.3 is 24.5 Å². The largest absolute Gasteiger partial charge is 0.464 e. The molecule has 0 radical (unpaired) electrons. The van der Waals surface area contributed by atoms with Gasteiger partial charge in [0.1, 0.15) is 11.5 Å². The third-order valence-electron chi connectivity index (χ3n) is 6.20. The Bertz CT molecular complexity index is 1170. The van der Waals surface area contributed by atoms with Crippen molar-refractivity contribution in [1.82, 2.24) is 24.4 Å². The van der Waals surface area contributed by atoms with Gasteiger partial charge in [0.05, 0.1) is 17.6 Å². The molecule has 4 heterocycles. The predicted molar refractivity (Wildman–Crippen MR) is 131 cm³/mol. The van der Waals surface area contributed by atoms with Crippen LogP contribution >= 0.6 is 0 Å². The second kappa shape index (κ2) is 10.0. The number of likely N-dealkylation sites (tertiary alicyclic amines) is 1. The van der Waals surface area contributed by atoms with Crippen LogP contribution in [0.1, 0.15) is 30.8 Å². The number of benzene rings is 1. The molecule has 8 heteroatoms. The fraction of sp³-hybridized carbons (Fsp3) is 0.400. The number of fused-ring (bicyclic) bond motifs is 1. The normalized spacial score (nSPS) is 17.2. The van der Waals surface area contributed by atoms with Crippen molar-refractivity contribution in [2.24, 2.45) is 0 Å². The van der Waals surface area contributed by atoms with Gasteiger partial charge in [-0.2, -0.15) is 0 Å². The number of hydrogen-bond donors (Lipinski definition) is 2. The van der Waals surface area contributed by atoms with E-state index in [4.69, 9.17) is 9.40 Å². The molecule has 2 N–H and O–H groups in total. The van der Waals surface area contributed by atoms with E-state index in [1.54, 1.807) is 12.4 Å². The third kappa shape index (κ3) is 5.34. The molecule has 0 spiro atoms. The van der Waals surface area contributed by atoms with Crippen LogP contribution in [0.25, 0.3) is 11.0 Å². The second-order valence-electron chi connectivity index (χ2n) is 8.64. The van der Waals surface area contributed by atoms with Crippen LogP contribution in [0.5, 0.6) is 0 Å². The lowest BCUT2D eigenvalue weighted by Gasteiger charge is -2.21. The van der Waals surface area contributed by atoms with Crippen LogP contribution in [0, 0.1) is 6.92 Å². The molecule has 8 nitrogen and oxygen atoms in total. The summed E-state index contributed by atoms with van der Waals surface area (Å²) in [6, 6.07) is 14.6. The molecular formula is C25H31N7O. The minimum Gasteiger partial charge on any atom is -0.464 e. The monoisotopic (exact) mass is 445 g/mol. The van der Waals surface area contributed by atoms with Gasteiger partial charge >= 0.3 is 0 Å². The summed E-state index contributed by atoms with van der Waals surface area (Å²) in [6.45, 7) is 6.66. The summed E-state index contributed by atoms with van der Waals surface area (Å²) in [7, 11) is 0. The Kier molecular flexibility index (Phi) is 6.53. The summed E-state index contributed by atoms with van der Waals surface area (Å²) in [4.78, 5) is 15.9. The molecule has 1 saturated heterocycles. The maximum Gasteiger partial charge on any atom is 0.222 e. The molecule has 33 heavy (non-hydrogen) atoms. The maximum atomic E-state index is 5.86. The molecule has 0 bridgehead atoms. The Hall–Kier alpha value is -3.39. The van der Waals surface area contributed by atoms with Crippen molar-refractivity contribution in [3.05, 3.63) is 66.4 Å². The van der Waals surface area contributed by atoms with Crippen LogP contribution in [0.2, 0.25) is 0 Å². The highest BCUT2D eigenvalue weighted by Crippen LogP contribution is 2.24. The first-order chi connectivity index (χ1) is 16.2. The Balaban J connectivity index is 1.22. The molecule has 0 amide bonds. The summed E-state index contributed by atoms with van der Waals surface area (Å²) in [5, 5.41) is 7.07. The average molecular weight is 446 g/mol. The average Bonchev–Trinajstić information content (AvgIpc) is 3.32. The van der Waals surface area contributed by atoms with E-state index in [0.29, 0.717) is 18.5 Å². The van der Waals surface area contributed by atoms with Gasteiger partial charge in [0.2, 0.25) is 11.9 Å². The molecule has 0 aliphatic carbocycles. The molecule has 0 saturated carbocycles. The van der Waals surface area contributed by atoms with E-state index in [0.717, 1.165) is 73.9 Å². The molecule has 4 aromatic rings. The number of anilines is 2. The lowest BCUT2D eigenvalue weighted by Crippen LogP contribution is -2.31. The molecule has 1 atom stereocenters. The number of furan rings is 1. The topological polar surface area (TPSA) is 84.0 Å². The number of nitrogens with zero attached hydrogens (tertiary/aromatic N) is 5. The maximum absolute atomic E-state index is 5.86. The standard InChI is InChI=1S/C25H31N7O/c1-19-9-10-21(33-19)18-32-23-8-3-2-7-22(23)30-25(32)29-20-6-4-15-31(16-11-20)17-14-28-24-26-12-5-13-27-24/h2-3,5,7-10,12-13,20H,4,6,11,14-18H2,1H3,(H,29,30)(H,26,27,28). The lowest BCUT2D eigenvalue weighted by atomic mass is 10.1. The van der Waals surface area contributed by atoms with Crippen LogP contribution in [0.15, 0.2) is 59.3 Å². The highest BCUT2D eigenvalue weighted by atomic mass is 16.3. The summed E-state index contributed by atoms with van der Waals surface area (Å²) in [5.74, 6) is 3.49. The van der Waals surface area contributed by atoms with Crippen LogP contribution in [0.3, 0.4) is 0 Å². The van der Waals surface area contributed by atoms with Crippen LogP contribution < -0.4 is 10.6 Å². The van der Waals surface area contributed by atoms with Crippen molar-refractivity contribution in [3.63, 3.8) is 0 Å². The van der Waals surface area contributed by atoms with Crippen LogP contribution in [0.4, 0.5) is 11.9 Å². The van der Waals surface area contributed by atoms with Crippen molar-refractivity contribution < 1.29 is 4.42 Å². The number of nitrogens with one attached hydrogen (secondary N) is 2. The highest BCUT2D eigenvalue weighted by Gasteiger charge is 2.20. The Morgan fingerprint density at radius 1 is 1.03 bits per heavy atom. The smallest absolute Gasteiger partial charge is 0.222 e. The van der Waals surface area contributed by atoms with Gasteiger partial charge in [0, 0.05) is 38.1 Å². The minimum absolute atomic E-state index is 0.398. The van der Waals surface area contributed by atoms with Gasteiger partial charge in [-0.05, 0) is 63.1 Å². The van der Waals surface area contributed by atoms with E-state index < -0.39 is 0 Å². The Morgan fingerprint density at radius 3 is 2.76 bits per heavy atom. The quantitative estimate of drug-likeness (QED) is 0.421. The van der Waals surface area contributed by atoms with Crippen LogP contribution in [-0.2, 0) is 6.54 Å². The van der Waals surface area contributed by atoms with E-state index in [-0.39, 0.29) is 0 Å². The van der Waals surface area contributed by atoms with Crippen molar-refractivity contribution >= 4 is 22.9 Å². The van der Waals surface area contributed by atoms with Gasteiger partial charge in [0.25, 0.3) is 0 Å². The number of para-hydroxylation sites is 2. The first-order valence-electron chi connectivity index (χ1n) is 11.7. The molecule has 5 rings (SSSR count). The zero-order valence-corrected chi connectivity index (χ0v) is 19.1. The van der Waals surface area contributed by atoms with Crippen molar-refractivity contribution in [2.45, 2.75) is 38.8 Å². The van der Waals surface area contributed by atoms with E-state index in [1.165, 1.54) is 0 Å². The molecule has 1 fully saturated rings. The Labute approximate surface area is 194 Å². The SMILES string of the molecule is Cc1ccc(Cn2c(NC3CCCN(CCNc4ncccn4)CC3)nc3ccccc32)o1. The molecular weight excluding hydrogens is 414 g/mol. The first kappa shape index (κ1) is 21.5. The van der Waals surface area contributed by atoms with E-state index in [2.05, 4.69) is 48.3 Å². The summed E-state index contributed by atoms with van der Waals surface area (Å²) < 4.78 is 8.09. The van der Waals surface area contributed by atoms with Gasteiger partial charge in [-0.15, -0.1) is 0 Å². The van der Waals surface area contributed by atoms with Gasteiger partial charge in [-0.3, -0.25) is 0 Å². The predicted octanol–water partition coefficient (Wildman–Crippen LogP) is 4.15. The van der Waals surface area contributed by atoms with E-state index in [1.807, 2.05) is 31.2 Å². The molecule has 3 aromatic heterocycles. The second-order valence-corrected chi connectivity index (χ2v) is 8.64. The zero-order valence-electron chi connectivity index (χ0n) is 19.1. The van der Waals surface area contributed by atoms with Gasteiger partial charge in [-0.1, -0.05) is 12.1 Å². The van der Waals surface area contributed by atoms with Gasteiger partial charge in [0.15, 0.2) is 0 Å². The lowest BCUT2D eigenvalue weighted by molar-refractivity contribution is 0.295. The number of rotatable bonds is 8. The first-order valence-corrected chi connectivity index (χ1v) is 11.7. The van der Waals surface area contributed by atoms with E-state index >= 15 is 0 Å². The van der Waals surface area contributed by atoms with Crippen molar-refractivity contribution in [1.29, 1.82) is 0 Å². The fourth-order valence-corrected chi connectivity index (χ4v) is 4.49. The summed E-state index contributed by atoms with van der Waals surface area (Å²) in [6.07, 6.45) is 6.91. The number of hydrogen-bond acceptors (Lipinski definition) is 7. The number of imidazole rings is 1. The summed E-state index contributed by atoms with van der Waals surface area (Å²) >= 11 is 0. The molecule has 1 aliphatic heterocycles. The third-order valence-corrected chi connectivity index (χ3v) is 6.20. The minimum atomic E-state index is 0.398. The zero-order chi connectivity index (χ0) is 22.5.